The normalized spacial score (nSPS) is 9.88. The van der Waals surface area contributed by atoms with E-state index in [1.54, 1.807) is 17.5 Å². The predicted octanol–water partition coefficient (Wildman–Crippen LogP) is 3.73. The number of rotatable bonds is 3. The molecule has 24 heavy (non-hydrogen) atoms. The number of halogens is 1. The van der Waals surface area contributed by atoms with Gasteiger partial charge in [0.15, 0.2) is 0 Å². The van der Waals surface area contributed by atoms with Crippen LogP contribution < -0.4 is 5.32 Å². The minimum absolute atomic E-state index is 0.247. The molecule has 0 atom stereocenters. The summed E-state index contributed by atoms with van der Waals surface area (Å²) in [5.74, 6) is 5.29. The Balaban J connectivity index is 1.60. The van der Waals surface area contributed by atoms with E-state index < -0.39 is 0 Å². The van der Waals surface area contributed by atoms with E-state index in [1.807, 2.05) is 30.3 Å². The number of hydrogen-bond acceptors (Lipinski definition) is 3. The van der Waals surface area contributed by atoms with E-state index >= 15 is 0 Å². The van der Waals surface area contributed by atoms with Gasteiger partial charge < -0.3 is 5.32 Å². The first kappa shape index (κ1) is 15.9. The maximum atomic E-state index is 12.9. The van der Waals surface area contributed by atoms with Crippen LogP contribution in [0.4, 0.5) is 4.39 Å². The SMILES string of the molecule is O=C(NCC#Cc1ccccc1)c1csc(-c2ccc(F)cc2)n1. The lowest BCUT2D eigenvalue weighted by Crippen LogP contribution is -2.23. The van der Waals surface area contributed by atoms with Crippen molar-refractivity contribution in [2.45, 2.75) is 0 Å². The van der Waals surface area contributed by atoms with Crippen molar-refractivity contribution in [1.82, 2.24) is 10.3 Å². The molecule has 0 unspecified atom stereocenters. The van der Waals surface area contributed by atoms with E-state index in [0.29, 0.717) is 10.7 Å². The standard InChI is InChI=1S/C19H13FN2OS/c20-16-10-8-15(9-11-16)19-22-17(13-24-19)18(23)21-12-4-7-14-5-2-1-3-6-14/h1-3,5-6,8-11,13H,12H2,(H,21,23). The van der Waals surface area contributed by atoms with Crippen molar-refractivity contribution in [1.29, 1.82) is 0 Å². The summed E-state index contributed by atoms with van der Waals surface area (Å²) < 4.78 is 12.9. The molecule has 3 nitrogen and oxygen atoms in total. The first-order chi connectivity index (χ1) is 11.7. The van der Waals surface area contributed by atoms with Crippen LogP contribution in [0.2, 0.25) is 0 Å². The Kier molecular flexibility index (Phi) is 4.99. The van der Waals surface area contributed by atoms with Gasteiger partial charge in [-0.3, -0.25) is 4.79 Å². The van der Waals surface area contributed by atoms with Crippen LogP contribution in [0.5, 0.6) is 0 Å². The Morgan fingerprint density at radius 3 is 2.62 bits per heavy atom. The molecule has 1 aromatic heterocycles. The molecular formula is C19H13FN2OS. The molecule has 5 heteroatoms. The molecule has 0 aliphatic heterocycles. The smallest absolute Gasteiger partial charge is 0.271 e. The van der Waals surface area contributed by atoms with Gasteiger partial charge in [0, 0.05) is 16.5 Å². The fraction of sp³-hybridized carbons (Fsp3) is 0.0526. The number of carbonyl (C=O) groups excluding carboxylic acids is 1. The molecule has 0 fully saturated rings. The summed E-state index contributed by atoms with van der Waals surface area (Å²) in [4.78, 5) is 16.3. The van der Waals surface area contributed by atoms with Gasteiger partial charge in [-0.15, -0.1) is 11.3 Å². The summed E-state index contributed by atoms with van der Waals surface area (Å²) in [5.41, 5.74) is 2.02. The molecule has 0 saturated carbocycles. The number of nitrogens with zero attached hydrogens (tertiary/aromatic N) is 1. The summed E-state index contributed by atoms with van der Waals surface area (Å²) in [6.45, 7) is 0.247. The minimum Gasteiger partial charge on any atom is -0.340 e. The zero-order chi connectivity index (χ0) is 16.8. The Bertz CT molecular complexity index is 892. The van der Waals surface area contributed by atoms with Gasteiger partial charge in [0.2, 0.25) is 0 Å². The molecule has 0 saturated heterocycles. The van der Waals surface area contributed by atoms with Crippen molar-refractivity contribution in [3.05, 3.63) is 77.1 Å². The predicted molar refractivity (Wildman–Crippen MR) is 93.2 cm³/mol. The molecule has 1 heterocycles. The fourth-order valence-electron chi connectivity index (χ4n) is 1.99. The highest BCUT2D eigenvalue weighted by molar-refractivity contribution is 7.13. The van der Waals surface area contributed by atoms with Gasteiger partial charge in [0.05, 0.1) is 6.54 Å². The molecule has 2 aromatic carbocycles. The Morgan fingerprint density at radius 2 is 1.88 bits per heavy atom. The van der Waals surface area contributed by atoms with E-state index in [-0.39, 0.29) is 18.3 Å². The highest BCUT2D eigenvalue weighted by Gasteiger charge is 2.11. The number of carbonyl (C=O) groups is 1. The minimum atomic E-state index is -0.301. The number of thiazole rings is 1. The average Bonchev–Trinajstić information content (AvgIpc) is 3.10. The highest BCUT2D eigenvalue weighted by atomic mass is 32.1. The van der Waals surface area contributed by atoms with Crippen LogP contribution in [0.25, 0.3) is 10.6 Å². The fourth-order valence-corrected chi connectivity index (χ4v) is 2.79. The lowest BCUT2D eigenvalue weighted by molar-refractivity contribution is 0.0954. The van der Waals surface area contributed by atoms with Crippen LogP contribution in [0.1, 0.15) is 16.1 Å². The summed E-state index contributed by atoms with van der Waals surface area (Å²) >= 11 is 1.34. The maximum Gasteiger partial charge on any atom is 0.271 e. The third-order valence-electron chi connectivity index (χ3n) is 3.17. The first-order valence-electron chi connectivity index (χ1n) is 7.26. The van der Waals surface area contributed by atoms with E-state index in [2.05, 4.69) is 22.1 Å². The van der Waals surface area contributed by atoms with Crippen molar-refractivity contribution < 1.29 is 9.18 Å². The molecule has 0 aliphatic rings. The van der Waals surface area contributed by atoms with Crippen LogP contribution in [0, 0.1) is 17.7 Å². The zero-order valence-corrected chi connectivity index (χ0v) is 13.4. The Morgan fingerprint density at radius 1 is 1.12 bits per heavy atom. The topological polar surface area (TPSA) is 42.0 Å². The van der Waals surface area contributed by atoms with Gasteiger partial charge in [0.1, 0.15) is 16.5 Å². The second-order valence-corrected chi connectivity index (χ2v) is 5.75. The van der Waals surface area contributed by atoms with Crippen LogP contribution >= 0.6 is 11.3 Å². The molecule has 3 aromatic rings. The lowest BCUT2D eigenvalue weighted by Gasteiger charge is -1.97. The number of benzene rings is 2. The molecule has 0 spiro atoms. The average molecular weight is 336 g/mol. The Hall–Kier alpha value is -2.97. The molecule has 1 amide bonds. The summed E-state index contributed by atoms with van der Waals surface area (Å²) in [5, 5.41) is 5.07. The van der Waals surface area contributed by atoms with Crippen molar-refractivity contribution in [2.75, 3.05) is 6.54 Å². The van der Waals surface area contributed by atoms with Gasteiger partial charge in [-0.25, -0.2) is 9.37 Å². The molecular weight excluding hydrogens is 323 g/mol. The van der Waals surface area contributed by atoms with Gasteiger partial charge in [-0.1, -0.05) is 30.0 Å². The van der Waals surface area contributed by atoms with E-state index in [1.165, 1.54) is 23.5 Å². The van der Waals surface area contributed by atoms with Gasteiger partial charge in [0.25, 0.3) is 5.91 Å². The number of hydrogen-bond donors (Lipinski definition) is 1. The van der Waals surface area contributed by atoms with Gasteiger partial charge in [-0.05, 0) is 36.4 Å². The molecule has 0 bridgehead atoms. The Labute approximate surface area is 143 Å². The molecule has 0 radical (unpaired) electrons. The highest BCUT2D eigenvalue weighted by Crippen LogP contribution is 2.23. The van der Waals surface area contributed by atoms with Crippen LogP contribution in [0.3, 0.4) is 0 Å². The summed E-state index contributed by atoms with van der Waals surface area (Å²) in [6.07, 6.45) is 0. The van der Waals surface area contributed by atoms with Gasteiger partial charge >= 0.3 is 0 Å². The summed E-state index contributed by atoms with van der Waals surface area (Å²) in [7, 11) is 0. The van der Waals surface area contributed by atoms with Crippen molar-refractivity contribution >= 4 is 17.2 Å². The maximum absolute atomic E-state index is 12.9. The number of amides is 1. The largest absolute Gasteiger partial charge is 0.340 e. The monoisotopic (exact) mass is 336 g/mol. The van der Waals surface area contributed by atoms with Crippen molar-refractivity contribution in [3.8, 4) is 22.4 Å². The number of nitrogens with one attached hydrogen (secondary N) is 1. The van der Waals surface area contributed by atoms with E-state index in [9.17, 15) is 9.18 Å². The molecule has 1 N–H and O–H groups in total. The third-order valence-corrected chi connectivity index (χ3v) is 4.06. The van der Waals surface area contributed by atoms with E-state index in [0.717, 1.165) is 11.1 Å². The quantitative estimate of drug-likeness (QED) is 0.741. The zero-order valence-electron chi connectivity index (χ0n) is 12.6. The molecule has 118 valence electrons. The second kappa shape index (κ2) is 7.53. The van der Waals surface area contributed by atoms with Crippen molar-refractivity contribution in [2.24, 2.45) is 0 Å². The first-order valence-corrected chi connectivity index (χ1v) is 8.14. The summed E-state index contributed by atoms with van der Waals surface area (Å²) in [6, 6.07) is 15.6. The molecule has 3 rings (SSSR count). The van der Waals surface area contributed by atoms with Crippen LogP contribution in [0.15, 0.2) is 60.0 Å². The van der Waals surface area contributed by atoms with Crippen molar-refractivity contribution in [3.63, 3.8) is 0 Å². The second-order valence-electron chi connectivity index (χ2n) is 4.90. The molecule has 0 aliphatic carbocycles. The van der Waals surface area contributed by atoms with Gasteiger partial charge in [-0.2, -0.15) is 0 Å². The van der Waals surface area contributed by atoms with E-state index in [4.69, 9.17) is 0 Å². The van der Waals surface area contributed by atoms with Crippen LogP contribution in [-0.2, 0) is 0 Å². The lowest BCUT2D eigenvalue weighted by atomic mass is 10.2. The third kappa shape index (κ3) is 4.06. The van der Waals surface area contributed by atoms with Crippen LogP contribution in [-0.4, -0.2) is 17.4 Å². The number of aromatic nitrogens is 1.